The van der Waals surface area contributed by atoms with Crippen LogP contribution in [0.25, 0.3) is 0 Å². The van der Waals surface area contributed by atoms with Crippen LogP contribution in [-0.2, 0) is 0 Å². The number of likely N-dealkylation sites (tertiary alicyclic amines) is 1. The van der Waals surface area contributed by atoms with Gasteiger partial charge in [0.2, 0.25) is 0 Å². The van der Waals surface area contributed by atoms with E-state index < -0.39 is 5.60 Å². The van der Waals surface area contributed by atoms with E-state index in [-0.39, 0.29) is 0 Å². The summed E-state index contributed by atoms with van der Waals surface area (Å²) in [4.78, 5) is 2.44. The zero-order valence-electron chi connectivity index (χ0n) is 13.6. The van der Waals surface area contributed by atoms with Crippen LogP contribution in [0.1, 0.15) is 53.9 Å². The normalized spacial score (nSPS) is 27.9. The van der Waals surface area contributed by atoms with E-state index in [0.717, 1.165) is 39.1 Å². The molecule has 0 aromatic heterocycles. The maximum Gasteiger partial charge on any atom is 0.0758 e. The highest BCUT2D eigenvalue weighted by atomic mass is 16.3. The SMILES string of the molecule is CCCC(C)(CNCC(C)C)CN1CCC(C)(O)C1. The fraction of sp³-hybridized carbons (Fsp3) is 1.00. The molecule has 3 heteroatoms. The first-order valence-corrected chi connectivity index (χ1v) is 7.92. The first-order chi connectivity index (χ1) is 8.76. The molecule has 0 radical (unpaired) electrons. The van der Waals surface area contributed by atoms with Crippen LogP contribution in [0.5, 0.6) is 0 Å². The molecular weight excluding hydrogens is 236 g/mol. The van der Waals surface area contributed by atoms with Gasteiger partial charge in [0.1, 0.15) is 0 Å². The zero-order chi connectivity index (χ0) is 14.5. The molecule has 0 aromatic carbocycles. The van der Waals surface area contributed by atoms with Gasteiger partial charge in [-0.2, -0.15) is 0 Å². The second kappa shape index (κ2) is 7.05. The lowest BCUT2D eigenvalue weighted by atomic mass is 9.84. The fourth-order valence-corrected chi connectivity index (χ4v) is 3.20. The van der Waals surface area contributed by atoms with Gasteiger partial charge >= 0.3 is 0 Å². The van der Waals surface area contributed by atoms with Crippen LogP contribution >= 0.6 is 0 Å². The smallest absolute Gasteiger partial charge is 0.0758 e. The van der Waals surface area contributed by atoms with Gasteiger partial charge in [0.15, 0.2) is 0 Å². The molecule has 0 bridgehead atoms. The van der Waals surface area contributed by atoms with Crippen molar-refractivity contribution in [3.05, 3.63) is 0 Å². The highest BCUT2D eigenvalue weighted by Crippen LogP contribution is 2.28. The molecule has 3 nitrogen and oxygen atoms in total. The summed E-state index contributed by atoms with van der Waals surface area (Å²) < 4.78 is 0. The van der Waals surface area contributed by atoms with Gasteiger partial charge in [0.05, 0.1) is 5.60 Å². The molecule has 0 spiro atoms. The van der Waals surface area contributed by atoms with Crippen molar-refractivity contribution >= 4 is 0 Å². The van der Waals surface area contributed by atoms with Crippen LogP contribution in [-0.4, -0.2) is 48.3 Å². The summed E-state index contributed by atoms with van der Waals surface area (Å²) in [5, 5.41) is 13.7. The third-order valence-electron chi connectivity index (χ3n) is 4.09. The average molecular weight is 270 g/mol. The molecular formula is C16H34N2O. The monoisotopic (exact) mass is 270 g/mol. The highest BCUT2D eigenvalue weighted by Gasteiger charge is 2.35. The third-order valence-corrected chi connectivity index (χ3v) is 4.09. The van der Waals surface area contributed by atoms with Crippen molar-refractivity contribution in [3.63, 3.8) is 0 Å². The lowest BCUT2D eigenvalue weighted by molar-refractivity contribution is 0.0609. The maximum atomic E-state index is 10.1. The van der Waals surface area contributed by atoms with Crippen molar-refractivity contribution in [3.8, 4) is 0 Å². The van der Waals surface area contributed by atoms with Gasteiger partial charge < -0.3 is 10.4 Å². The van der Waals surface area contributed by atoms with E-state index in [0.29, 0.717) is 11.3 Å². The summed E-state index contributed by atoms with van der Waals surface area (Å²) in [6.45, 7) is 16.3. The minimum atomic E-state index is -0.474. The molecule has 1 rings (SSSR count). The predicted molar refractivity (Wildman–Crippen MR) is 82.4 cm³/mol. The summed E-state index contributed by atoms with van der Waals surface area (Å²) >= 11 is 0. The van der Waals surface area contributed by atoms with Gasteiger partial charge in [0, 0.05) is 26.2 Å². The van der Waals surface area contributed by atoms with Gasteiger partial charge in [-0.25, -0.2) is 0 Å². The Morgan fingerprint density at radius 3 is 2.58 bits per heavy atom. The largest absolute Gasteiger partial charge is 0.389 e. The summed E-state index contributed by atoms with van der Waals surface area (Å²) in [7, 11) is 0. The molecule has 2 unspecified atom stereocenters. The second-order valence-electron chi connectivity index (χ2n) is 7.54. The minimum Gasteiger partial charge on any atom is -0.389 e. The summed E-state index contributed by atoms with van der Waals surface area (Å²) in [5.74, 6) is 0.707. The number of aliphatic hydroxyl groups is 1. The van der Waals surface area contributed by atoms with Gasteiger partial charge in [-0.3, -0.25) is 4.90 Å². The molecule has 0 amide bonds. The lowest BCUT2D eigenvalue weighted by Crippen LogP contribution is -2.43. The molecule has 2 atom stereocenters. The summed E-state index contributed by atoms with van der Waals surface area (Å²) in [6.07, 6.45) is 3.38. The van der Waals surface area contributed by atoms with Gasteiger partial charge in [-0.05, 0) is 37.6 Å². The highest BCUT2D eigenvalue weighted by molar-refractivity contribution is 4.90. The number of hydrogen-bond acceptors (Lipinski definition) is 3. The molecule has 1 fully saturated rings. The third kappa shape index (κ3) is 6.24. The van der Waals surface area contributed by atoms with Crippen molar-refractivity contribution in [1.82, 2.24) is 10.2 Å². The average Bonchev–Trinajstić information content (AvgIpc) is 2.57. The van der Waals surface area contributed by atoms with E-state index in [4.69, 9.17) is 0 Å². The number of β-amino-alcohol motifs (C(OH)–C–C–N with tert-alkyl or cyclic N) is 1. The van der Waals surface area contributed by atoms with Crippen molar-refractivity contribution in [2.75, 3.05) is 32.7 Å². The molecule has 0 saturated carbocycles. The first-order valence-electron chi connectivity index (χ1n) is 7.92. The predicted octanol–water partition coefficient (Wildman–Crippen LogP) is 2.50. The Bertz CT molecular complexity index is 265. The zero-order valence-corrected chi connectivity index (χ0v) is 13.6. The number of nitrogens with zero attached hydrogens (tertiary/aromatic N) is 1. The Kier molecular flexibility index (Phi) is 6.28. The van der Waals surface area contributed by atoms with Gasteiger partial charge in [-0.15, -0.1) is 0 Å². The van der Waals surface area contributed by atoms with Crippen molar-refractivity contribution in [1.29, 1.82) is 0 Å². The van der Waals surface area contributed by atoms with Gasteiger partial charge in [0.25, 0.3) is 0 Å². The van der Waals surface area contributed by atoms with E-state index in [1.807, 2.05) is 6.92 Å². The van der Waals surface area contributed by atoms with Gasteiger partial charge in [-0.1, -0.05) is 34.1 Å². The Balaban J connectivity index is 2.46. The first kappa shape index (κ1) is 16.9. The molecule has 1 heterocycles. The van der Waals surface area contributed by atoms with Crippen LogP contribution in [0.3, 0.4) is 0 Å². The lowest BCUT2D eigenvalue weighted by Gasteiger charge is -2.34. The van der Waals surface area contributed by atoms with Crippen LogP contribution in [0, 0.1) is 11.3 Å². The van der Waals surface area contributed by atoms with E-state index in [1.165, 1.54) is 12.8 Å². The minimum absolute atomic E-state index is 0.323. The van der Waals surface area contributed by atoms with Crippen molar-refractivity contribution in [2.24, 2.45) is 11.3 Å². The Hall–Kier alpha value is -0.120. The van der Waals surface area contributed by atoms with Crippen LogP contribution in [0.2, 0.25) is 0 Å². The van der Waals surface area contributed by atoms with Crippen molar-refractivity contribution < 1.29 is 5.11 Å². The molecule has 2 N–H and O–H groups in total. The molecule has 114 valence electrons. The van der Waals surface area contributed by atoms with Crippen molar-refractivity contribution in [2.45, 2.75) is 59.5 Å². The molecule has 1 aliphatic rings. The van der Waals surface area contributed by atoms with E-state index in [1.54, 1.807) is 0 Å². The van der Waals surface area contributed by atoms with E-state index in [9.17, 15) is 5.11 Å². The van der Waals surface area contributed by atoms with E-state index in [2.05, 4.69) is 37.9 Å². The molecule has 0 aliphatic carbocycles. The number of rotatable bonds is 8. The van der Waals surface area contributed by atoms with Crippen LogP contribution < -0.4 is 5.32 Å². The molecule has 0 aromatic rings. The summed E-state index contributed by atoms with van der Waals surface area (Å²) in [5.41, 5.74) is -0.150. The second-order valence-corrected chi connectivity index (χ2v) is 7.54. The Morgan fingerprint density at radius 2 is 2.11 bits per heavy atom. The number of hydrogen-bond donors (Lipinski definition) is 2. The topological polar surface area (TPSA) is 35.5 Å². The Morgan fingerprint density at radius 1 is 1.42 bits per heavy atom. The van der Waals surface area contributed by atoms with Crippen LogP contribution in [0.4, 0.5) is 0 Å². The molecule has 1 aliphatic heterocycles. The quantitative estimate of drug-likeness (QED) is 0.711. The molecule has 1 saturated heterocycles. The Labute approximate surface area is 119 Å². The fourth-order valence-electron chi connectivity index (χ4n) is 3.20. The summed E-state index contributed by atoms with van der Waals surface area (Å²) in [6, 6.07) is 0. The number of nitrogens with one attached hydrogen (secondary N) is 1. The van der Waals surface area contributed by atoms with E-state index >= 15 is 0 Å². The maximum absolute atomic E-state index is 10.1. The standard InChI is InChI=1S/C16H34N2O/c1-6-7-15(4,11-17-10-14(2)3)12-18-9-8-16(5,19)13-18/h14,17,19H,6-13H2,1-5H3. The van der Waals surface area contributed by atoms with Crippen LogP contribution in [0.15, 0.2) is 0 Å². The molecule has 19 heavy (non-hydrogen) atoms.